The molecule has 2 heteroatoms. The zero-order valence-electron chi connectivity index (χ0n) is 13.8. The molecule has 0 aromatic heterocycles. The largest absolute Gasteiger partial charge is 0.369 e. The van der Waals surface area contributed by atoms with Gasteiger partial charge in [-0.1, -0.05) is 32.9 Å². The summed E-state index contributed by atoms with van der Waals surface area (Å²) in [5.74, 6) is 0. The molecule has 1 fully saturated rings. The first-order valence-electron chi connectivity index (χ1n) is 8.03. The van der Waals surface area contributed by atoms with Crippen LogP contribution in [0.3, 0.4) is 0 Å². The van der Waals surface area contributed by atoms with Crippen LogP contribution in [0.15, 0.2) is 24.3 Å². The van der Waals surface area contributed by atoms with Gasteiger partial charge in [0.05, 0.1) is 0 Å². The van der Waals surface area contributed by atoms with E-state index < -0.39 is 0 Å². The molecule has 0 amide bonds. The summed E-state index contributed by atoms with van der Waals surface area (Å²) in [6.07, 6.45) is 1.18. The third kappa shape index (κ3) is 3.35. The Hall–Kier alpha value is -1.02. The van der Waals surface area contributed by atoms with Gasteiger partial charge in [-0.3, -0.25) is 4.90 Å². The molecular weight excluding hydrogens is 244 g/mol. The Morgan fingerprint density at radius 1 is 1.00 bits per heavy atom. The SMILES string of the molecule is CCC(C)(C)c1ccc(N2CCN(C(C)C)CC2)cc1. The lowest BCUT2D eigenvalue weighted by Gasteiger charge is -2.38. The Labute approximate surface area is 124 Å². The molecule has 2 rings (SSSR count). The standard InChI is InChI=1S/C18H30N2/c1-6-18(4,5)16-7-9-17(10-8-16)20-13-11-19(12-14-20)15(2)3/h7-10,15H,6,11-14H2,1-5H3. The normalized spacial score (nSPS) is 17.8. The summed E-state index contributed by atoms with van der Waals surface area (Å²) >= 11 is 0. The average Bonchev–Trinajstić information content (AvgIpc) is 2.47. The lowest BCUT2D eigenvalue weighted by molar-refractivity contribution is 0.209. The second-order valence-electron chi connectivity index (χ2n) is 6.90. The van der Waals surface area contributed by atoms with Gasteiger partial charge in [0, 0.05) is 37.9 Å². The molecule has 0 bridgehead atoms. The fourth-order valence-corrected chi connectivity index (χ4v) is 2.82. The van der Waals surface area contributed by atoms with E-state index in [9.17, 15) is 0 Å². The molecule has 0 atom stereocenters. The van der Waals surface area contributed by atoms with E-state index in [4.69, 9.17) is 0 Å². The van der Waals surface area contributed by atoms with Crippen LogP contribution in [0.1, 0.15) is 46.6 Å². The van der Waals surface area contributed by atoms with E-state index in [0.717, 1.165) is 13.1 Å². The third-order valence-corrected chi connectivity index (χ3v) is 4.94. The van der Waals surface area contributed by atoms with Crippen molar-refractivity contribution in [1.29, 1.82) is 0 Å². The molecule has 0 unspecified atom stereocenters. The van der Waals surface area contributed by atoms with Crippen LogP contribution >= 0.6 is 0 Å². The van der Waals surface area contributed by atoms with Crippen molar-refractivity contribution in [3.05, 3.63) is 29.8 Å². The first-order chi connectivity index (χ1) is 9.44. The summed E-state index contributed by atoms with van der Waals surface area (Å²) in [5.41, 5.74) is 3.11. The van der Waals surface area contributed by atoms with Gasteiger partial charge >= 0.3 is 0 Å². The Kier molecular flexibility index (Phi) is 4.74. The molecule has 1 aliphatic heterocycles. The fourth-order valence-electron chi connectivity index (χ4n) is 2.82. The zero-order chi connectivity index (χ0) is 14.8. The Morgan fingerprint density at radius 2 is 1.55 bits per heavy atom. The molecule has 1 aromatic carbocycles. The van der Waals surface area contributed by atoms with E-state index in [2.05, 4.69) is 68.7 Å². The van der Waals surface area contributed by atoms with Gasteiger partial charge in [0.15, 0.2) is 0 Å². The van der Waals surface area contributed by atoms with Gasteiger partial charge < -0.3 is 4.90 Å². The van der Waals surface area contributed by atoms with Crippen molar-refractivity contribution in [3.63, 3.8) is 0 Å². The number of hydrogen-bond donors (Lipinski definition) is 0. The van der Waals surface area contributed by atoms with Crippen LogP contribution in [0.4, 0.5) is 5.69 Å². The highest BCUT2D eigenvalue weighted by Crippen LogP contribution is 2.28. The Bertz CT molecular complexity index is 412. The van der Waals surface area contributed by atoms with Crippen LogP contribution in [0.5, 0.6) is 0 Å². The van der Waals surface area contributed by atoms with Crippen LogP contribution in [-0.4, -0.2) is 37.1 Å². The minimum absolute atomic E-state index is 0.287. The smallest absolute Gasteiger partial charge is 0.0367 e. The van der Waals surface area contributed by atoms with Crippen LogP contribution < -0.4 is 4.90 Å². The summed E-state index contributed by atoms with van der Waals surface area (Å²) in [5, 5.41) is 0. The molecule has 0 radical (unpaired) electrons. The van der Waals surface area contributed by atoms with Gasteiger partial charge in [-0.25, -0.2) is 0 Å². The van der Waals surface area contributed by atoms with Gasteiger partial charge in [0.2, 0.25) is 0 Å². The number of hydrogen-bond acceptors (Lipinski definition) is 2. The molecule has 20 heavy (non-hydrogen) atoms. The van der Waals surface area contributed by atoms with Crippen molar-refractivity contribution in [3.8, 4) is 0 Å². The van der Waals surface area contributed by atoms with E-state index in [-0.39, 0.29) is 5.41 Å². The molecule has 1 saturated heterocycles. The highest BCUT2D eigenvalue weighted by molar-refractivity contribution is 5.49. The van der Waals surface area contributed by atoms with Crippen LogP contribution in [0.25, 0.3) is 0 Å². The topological polar surface area (TPSA) is 6.48 Å². The van der Waals surface area contributed by atoms with E-state index in [1.807, 2.05) is 0 Å². The molecule has 0 saturated carbocycles. The predicted molar refractivity (Wildman–Crippen MR) is 88.7 cm³/mol. The maximum atomic E-state index is 2.56. The van der Waals surface area contributed by atoms with E-state index in [1.54, 1.807) is 0 Å². The monoisotopic (exact) mass is 274 g/mol. The number of benzene rings is 1. The Morgan fingerprint density at radius 3 is 2.00 bits per heavy atom. The molecule has 2 nitrogen and oxygen atoms in total. The average molecular weight is 274 g/mol. The maximum absolute atomic E-state index is 2.56. The molecule has 0 N–H and O–H groups in total. The second kappa shape index (κ2) is 6.17. The van der Waals surface area contributed by atoms with Gasteiger partial charge in [-0.05, 0) is 43.4 Å². The molecule has 0 aliphatic carbocycles. The number of nitrogens with zero attached hydrogens (tertiary/aromatic N) is 2. The molecule has 1 aromatic rings. The van der Waals surface area contributed by atoms with Gasteiger partial charge in [0.25, 0.3) is 0 Å². The summed E-state index contributed by atoms with van der Waals surface area (Å²) in [6.45, 7) is 16.1. The predicted octanol–water partition coefficient (Wildman–Crippen LogP) is 3.90. The second-order valence-corrected chi connectivity index (χ2v) is 6.90. The molecule has 112 valence electrons. The van der Waals surface area contributed by atoms with E-state index in [1.165, 1.54) is 30.8 Å². The summed E-state index contributed by atoms with van der Waals surface area (Å²) in [6, 6.07) is 9.90. The third-order valence-electron chi connectivity index (χ3n) is 4.94. The van der Waals surface area contributed by atoms with Crippen LogP contribution in [0, 0.1) is 0 Å². The lowest BCUT2D eigenvalue weighted by atomic mass is 9.82. The fraction of sp³-hybridized carbons (Fsp3) is 0.667. The van der Waals surface area contributed by atoms with E-state index >= 15 is 0 Å². The van der Waals surface area contributed by atoms with Crippen molar-refractivity contribution in [1.82, 2.24) is 4.90 Å². The van der Waals surface area contributed by atoms with Crippen molar-refractivity contribution in [2.45, 2.75) is 52.5 Å². The number of piperazine rings is 1. The molecule has 1 aliphatic rings. The minimum atomic E-state index is 0.287. The number of anilines is 1. The van der Waals surface area contributed by atoms with Crippen LogP contribution in [-0.2, 0) is 5.41 Å². The quantitative estimate of drug-likeness (QED) is 0.821. The lowest BCUT2D eigenvalue weighted by Crippen LogP contribution is -2.48. The highest BCUT2D eigenvalue weighted by Gasteiger charge is 2.21. The van der Waals surface area contributed by atoms with Crippen LogP contribution in [0.2, 0.25) is 0 Å². The zero-order valence-corrected chi connectivity index (χ0v) is 13.8. The van der Waals surface area contributed by atoms with Gasteiger partial charge in [0.1, 0.15) is 0 Å². The summed E-state index contributed by atoms with van der Waals surface area (Å²) in [7, 11) is 0. The van der Waals surface area contributed by atoms with Crippen molar-refractivity contribution in [2.24, 2.45) is 0 Å². The van der Waals surface area contributed by atoms with Crippen molar-refractivity contribution in [2.75, 3.05) is 31.1 Å². The highest BCUT2D eigenvalue weighted by atomic mass is 15.3. The minimum Gasteiger partial charge on any atom is -0.369 e. The summed E-state index contributed by atoms with van der Waals surface area (Å²) < 4.78 is 0. The molecule has 1 heterocycles. The first kappa shape index (κ1) is 15.4. The van der Waals surface area contributed by atoms with Gasteiger partial charge in [-0.15, -0.1) is 0 Å². The molecule has 0 spiro atoms. The Balaban J connectivity index is 2.01. The first-order valence-corrected chi connectivity index (χ1v) is 8.03. The van der Waals surface area contributed by atoms with Gasteiger partial charge in [-0.2, -0.15) is 0 Å². The maximum Gasteiger partial charge on any atom is 0.0367 e. The molecular formula is C18H30N2. The number of rotatable bonds is 4. The van der Waals surface area contributed by atoms with E-state index in [0.29, 0.717) is 6.04 Å². The summed E-state index contributed by atoms with van der Waals surface area (Å²) in [4.78, 5) is 5.08. The van der Waals surface area contributed by atoms with Crippen molar-refractivity contribution < 1.29 is 0 Å². The van der Waals surface area contributed by atoms with Crippen molar-refractivity contribution >= 4 is 5.69 Å².